The maximum absolute atomic E-state index is 3.61. The molecule has 2 N–H and O–H groups in total. The van der Waals surface area contributed by atoms with Gasteiger partial charge in [-0.15, -0.1) is 24.8 Å². The van der Waals surface area contributed by atoms with Gasteiger partial charge in [-0.1, -0.05) is 62.9 Å². The summed E-state index contributed by atoms with van der Waals surface area (Å²) in [6.07, 6.45) is 10.2. The van der Waals surface area contributed by atoms with E-state index in [1.807, 2.05) is 0 Å². The van der Waals surface area contributed by atoms with Gasteiger partial charge in [0, 0.05) is 24.0 Å². The lowest BCUT2D eigenvalue weighted by atomic mass is 10.1. The van der Waals surface area contributed by atoms with Crippen LogP contribution in [0, 0.1) is 0 Å². The molecule has 0 aliphatic carbocycles. The van der Waals surface area contributed by atoms with Gasteiger partial charge in [0.05, 0.1) is 0 Å². The van der Waals surface area contributed by atoms with Crippen molar-refractivity contribution in [2.45, 2.75) is 71.3 Å². The molecule has 0 radical (unpaired) electrons. The molecule has 0 saturated carbocycles. The van der Waals surface area contributed by atoms with Crippen molar-refractivity contribution < 1.29 is 0 Å². The first-order valence-corrected chi connectivity index (χ1v) is 10.4. The Morgan fingerprint density at radius 1 is 0.750 bits per heavy atom. The van der Waals surface area contributed by atoms with Gasteiger partial charge in [-0.25, -0.2) is 0 Å². The molecule has 2 aromatic rings. The molecule has 0 spiro atoms. The largest absolute Gasteiger partial charge is 0.385 e. The number of unbranched alkanes of at least 4 members (excludes halogenated alkanes) is 4. The summed E-state index contributed by atoms with van der Waals surface area (Å²) in [6.45, 7) is 5.58. The third-order valence-corrected chi connectivity index (χ3v) is 4.85. The van der Waals surface area contributed by atoms with Crippen LogP contribution in [0.3, 0.4) is 0 Å². The van der Waals surface area contributed by atoms with Gasteiger partial charge < -0.3 is 10.6 Å². The molecule has 0 aromatic heterocycles. The van der Waals surface area contributed by atoms with Gasteiger partial charge in [-0.05, 0) is 62.4 Å². The van der Waals surface area contributed by atoms with Crippen LogP contribution >= 0.6 is 24.8 Å². The molecule has 4 heteroatoms. The smallest absolute Gasteiger partial charge is 0.0343 e. The Labute approximate surface area is 184 Å². The molecule has 2 rings (SSSR count). The molecule has 1 atom stereocenters. The molecule has 158 valence electrons. The minimum atomic E-state index is 0. The Morgan fingerprint density at radius 2 is 1.43 bits per heavy atom. The van der Waals surface area contributed by atoms with Gasteiger partial charge >= 0.3 is 0 Å². The number of aryl methyl sites for hydroxylation is 1. The van der Waals surface area contributed by atoms with Crippen molar-refractivity contribution in [2.75, 3.05) is 17.2 Å². The number of halogens is 2. The lowest BCUT2D eigenvalue weighted by molar-refractivity contribution is 0.594. The molecule has 2 aromatic carbocycles. The number of anilines is 2. The number of rotatable bonds is 13. The van der Waals surface area contributed by atoms with E-state index in [0.717, 1.165) is 6.54 Å². The van der Waals surface area contributed by atoms with Crippen molar-refractivity contribution in [3.8, 4) is 0 Å². The molecule has 0 amide bonds. The third-order valence-electron chi connectivity index (χ3n) is 4.85. The second-order valence-corrected chi connectivity index (χ2v) is 7.34. The van der Waals surface area contributed by atoms with E-state index >= 15 is 0 Å². The quantitative estimate of drug-likeness (QED) is 0.321. The zero-order chi connectivity index (χ0) is 18.5. The normalized spacial score (nSPS) is 11.1. The van der Waals surface area contributed by atoms with Crippen molar-refractivity contribution in [2.24, 2.45) is 0 Å². The van der Waals surface area contributed by atoms with Gasteiger partial charge in [0.2, 0.25) is 0 Å². The summed E-state index contributed by atoms with van der Waals surface area (Å²) >= 11 is 0. The fraction of sp³-hybridized carbons (Fsp3) is 0.500. The minimum absolute atomic E-state index is 0. The number of hydrogen-bond donors (Lipinski definition) is 2. The summed E-state index contributed by atoms with van der Waals surface area (Å²) < 4.78 is 0. The predicted octanol–water partition coefficient (Wildman–Crippen LogP) is 7.74. The summed E-state index contributed by atoms with van der Waals surface area (Å²) in [5.74, 6) is 0. The fourth-order valence-electron chi connectivity index (χ4n) is 3.25. The van der Waals surface area contributed by atoms with E-state index in [2.05, 4.69) is 79.1 Å². The van der Waals surface area contributed by atoms with E-state index in [9.17, 15) is 0 Å². The summed E-state index contributed by atoms with van der Waals surface area (Å²) in [6, 6.07) is 20.0. The zero-order valence-corrected chi connectivity index (χ0v) is 19.1. The lowest BCUT2D eigenvalue weighted by Crippen LogP contribution is -2.14. The van der Waals surface area contributed by atoms with Crippen LogP contribution in [0.25, 0.3) is 0 Å². The zero-order valence-electron chi connectivity index (χ0n) is 17.5. The number of hydrogen-bond acceptors (Lipinski definition) is 2. The van der Waals surface area contributed by atoms with Gasteiger partial charge in [0.1, 0.15) is 0 Å². The molecule has 0 saturated heterocycles. The van der Waals surface area contributed by atoms with Gasteiger partial charge in [-0.3, -0.25) is 0 Å². The first-order chi connectivity index (χ1) is 12.8. The van der Waals surface area contributed by atoms with Crippen LogP contribution in [0.15, 0.2) is 54.6 Å². The average molecular weight is 425 g/mol. The van der Waals surface area contributed by atoms with Crippen molar-refractivity contribution in [1.29, 1.82) is 0 Å². The molecule has 2 nitrogen and oxygen atoms in total. The van der Waals surface area contributed by atoms with Crippen LogP contribution in [0.4, 0.5) is 11.4 Å². The van der Waals surface area contributed by atoms with Gasteiger partial charge in [0.15, 0.2) is 0 Å². The molecular weight excluding hydrogens is 387 g/mol. The van der Waals surface area contributed by atoms with E-state index in [1.54, 1.807) is 0 Å². The molecule has 0 bridgehead atoms. The second-order valence-electron chi connectivity index (χ2n) is 7.34. The predicted molar refractivity (Wildman–Crippen MR) is 131 cm³/mol. The molecule has 0 aliphatic heterocycles. The summed E-state index contributed by atoms with van der Waals surface area (Å²) in [5.41, 5.74) is 3.88. The monoisotopic (exact) mass is 424 g/mol. The fourth-order valence-corrected chi connectivity index (χ4v) is 3.25. The van der Waals surface area contributed by atoms with Crippen molar-refractivity contribution in [3.63, 3.8) is 0 Å². The Hall–Kier alpha value is -1.38. The standard InChI is InChI=1S/C24H36N2.2ClH/c1-3-4-5-7-12-21(2)26-24-18-16-23(17-19-24)25-20-11-10-15-22-13-8-6-9-14-22;;/h6,8-9,13-14,16-19,21,25-26H,3-5,7,10-12,15,20H2,1-2H3;2*1H. The first kappa shape index (κ1) is 26.6. The van der Waals surface area contributed by atoms with Crippen LogP contribution in [0.2, 0.25) is 0 Å². The topological polar surface area (TPSA) is 24.1 Å². The van der Waals surface area contributed by atoms with E-state index in [4.69, 9.17) is 0 Å². The molecule has 0 aliphatic rings. The molecule has 28 heavy (non-hydrogen) atoms. The second kappa shape index (κ2) is 16.6. The van der Waals surface area contributed by atoms with Crippen LogP contribution in [0.5, 0.6) is 0 Å². The first-order valence-electron chi connectivity index (χ1n) is 10.4. The molecule has 1 unspecified atom stereocenters. The molecule has 0 heterocycles. The summed E-state index contributed by atoms with van der Waals surface area (Å²) in [5, 5.41) is 7.14. The highest BCUT2D eigenvalue weighted by atomic mass is 35.5. The lowest BCUT2D eigenvalue weighted by Gasteiger charge is -2.15. The Morgan fingerprint density at radius 3 is 2.11 bits per heavy atom. The average Bonchev–Trinajstić information content (AvgIpc) is 2.67. The highest BCUT2D eigenvalue weighted by Crippen LogP contribution is 2.16. The van der Waals surface area contributed by atoms with E-state index in [0.29, 0.717) is 6.04 Å². The van der Waals surface area contributed by atoms with Gasteiger partial charge in [0.25, 0.3) is 0 Å². The summed E-state index contributed by atoms with van der Waals surface area (Å²) in [7, 11) is 0. The third kappa shape index (κ3) is 11.5. The van der Waals surface area contributed by atoms with E-state index in [-0.39, 0.29) is 24.8 Å². The SMILES string of the molecule is CCCCCCC(C)Nc1ccc(NCCCCc2ccccc2)cc1.Cl.Cl. The van der Waals surface area contributed by atoms with Crippen LogP contribution in [-0.2, 0) is 6.42 Å². The van der Waals surface area contributed by atoms with Crippen LogP contribution in [-0.4, -0.2) is 12.6 Å². The maximum atomic E-state index is 3.61. The highest BCUT2D eigenvalue weighted by Gasteiger charge is 2.02. The molecule has 0 fully saturated rings. The van der Waals surface area contributed by atoms with Gasteiger partial charge in [-0.2, -0.15) is 0 Å². The van der Waals surface area contributed by atoms with E-state index in [1.165, 1.54) is 68.3 Å². The maximum Gasteiger partial charge on any atom is 0.0343 e. The van der Waals surface area contributed by atoms with Crippen molar-refractivity contribution >= 4 is 36.2 Å². The Balaban J connectivity index is 0.00000364. The Kier molecular flexibility index (Phi) is 15.7. The number of nitrogens with one attached hydrogen (secondary N) is 2. The van der Waals surface area contributed by atoms with Crippen molar-refractivity contribution in [3.05, 3.63) is 60.2 Å². The van der Waals surface area contributed by atoms with Crippen LogP contribution in [0.1, 0.15) is 64.4 Å². The van der Waals surface area contributed by atoms with Crippen molar-refractivity contribution in [1.82, 2.24) is 0 Å². The summed E-state index contributed by atoms with van der Waals surface area (Å²) in [4.78, 5) is 0. The Bertz CT molecular complexity index is 587. The van der Waals surface area contributed by atoms with E-state index < -0.39 is 0 Å². The molecular formula is C24H38Cl2N2. The minimum Gasteiger partial charge on any atom is -0.385 e. The van der Waals surface area contributed by atoms with Crippen LogP contribution < -0.4 is 10.6 Å². The number of benzene rings is 2. The highest BCUT2D eigenvalue weighted by molar-refractivity contribution is 5.85.